The highest BCUT2D eigenvalue weighted by Gasteiger charge is 2.24. The summed E-state index contributed by atoms with van der Waals surface area (Å²) in [5.74, 6) is 0.460. The van der Waals surface area contributed by atoms with Crippen molar-refractivity contribution in [2.45, 2.75) is 51.3 Å². The second-order valence-corrected chi connectivity index (χ2v) is 7.36. The Morgan fingerprint density at radius 3 is 2.57 bits per heavy atom. The van der Waals surface area contributed by atoms with E-state index < -0.39 is 0 Å². The summed E-state index contributed by atoms with van der Waals surface area (Å²) in [6.07, 6.45) is 4.64. The van der Waals surface area contributed by atoms with E-state index in [2.05, 4.69) is 44.3 Å². The number of nitrogens with one attached hydrogen (secondary N) is 1. The summed E-state index contributed by atoms with van der Waals surface area (Å²) in [5, 5.41) is 13.3. The summed E-state index contributed by atoms with van der Waals surface area (Å²) in [6.45, 7) is 4.95. The van der Waals surface area contributed by atoms with Crippen LogP contribution in [0.3, 0.4) is 0 Å². The summed E-state index contributed by atoms with van der Waals surface area (Å²) >= 11 is 3.73. The van der Waals surface area contributed by atoms with Crippen molar-refractivity contribution < 1.29 is 5.11 Å². The minimum absolute atomic E-state index is 0.175. The normalized spacial score (nSPS) is 21.6. The fourth-order valence-corrected chi connectivity index (χ4v) is 3.77. The van der Waals surface area contributed by atoms with Crippen LogP contribution in [-0.4, -0.2) is 30.3 Å². The molecular weight excluding hydrogens is 328 g/mol. The van der Waals surface area contributed by atoms with Gasteiger partial charge in [0.05, 0.1) is 11.8 Å². The van der Waals surface area contributed by atoms with Crippen LogP contribution in [0.2, 0.25) is 0 Å². The van der Waals surface area contributed by atoms with Crippen LogP contribution in [0.1, 0.15) is 38.2 Å². The molecular formula is C17H25BrN2O. The monoisotopic (exact) mass is 352 g/mol. The first-order valence-corrected chi connectivity index (χ1v) is 8.87. The highest BCUT2D eigenvalue weighted by molar-refractivity contribution is 9.10. The standard InChI is InChI=1S/C17H25BrN2O/c1-12(21)14-6-8-20(9-7-14)17-5-2-13(10-16(17)18)11-19-15-3-4-15/h2,5,10,12,14-15,19,21H,3-4,6-9,11H2,1H3. The van der Waals surface area contributed by atoms with Gasteiger partial charge in [-0.15, -0.1) is 0 Å². The average Bonchev–Trinajstić information content (AvgIpc) is 3.29. The van der Waals surface area contributed by atoms with Gasteiger partial charge in [0.15, 0.2) is 0 Å². The number of piperidine rings is 1. The lowest BCUT2D eigenvalue weighted by atomic mass is 9.92. The number of hydrogen-bond donors (Lipinski definition) is 2. The Hall–Kier alpha value is -0.580. The lowest BCUT2D eigenvalue weighted by Gasteiger charge is -2.35. The summed E-state index contributed by atoms with van der Waals surface area (Å²) in [5.41, 5.74) is 2.63. The Balaban J connectivity index is 1.60. The van der Waals surface area contributed by atoms with Gasteiger partial charge in [-0.3, -0.25) is 0 Å². The van der Waals surface area contributed by atoms with Crippen LogP contribution in [0.4, 0.5) is 5.69 Å². The van der Waals surface area contributed by atoms with E-state index in [4.69, 9.17) is 0 Å². The van der Waals surface area contributed by atoms with Crippen LogP contribution in [0.5, 0.6) is 0 Å². The molecule has 1 atom stereocenters. The molecule has 1 heterocycles. The molecule has 0 amide bonds. The highest BCUT2D eigenvalue weighted by Crippen LogP contribution is 2.32. The second-order valence-electron chi connectivity index (χ2n) is 6.51. The molecule has 2 N–H and O–H groups in total. The van der Waals surface area contributed by atoms with Gasteiger partial charge in [-0.25, -0.2) is 0 Å². The third kappa shape index (κ3) is 3.99. The van der Waals surface area contributed by atoms with Gasteiger partial charge in [-0.1, -0.05) is 6.07 Å². The Morgan fingerprint density at radius 2 is 2.00 bits per heavy atom. The fourth-order valence-electron chi connectivity index (χ4n) is 3.09. The largest absolute Gasteiger partial charge is 0.393 e. The van der Waals surface area contributed by atoms with Crippen LogP contribution < -0.4 is 10.2 Å². The maximum absolute atomic E-state index is 9.70. The van der Waals surface area contributed by atoms with Gasteiger partial charge in [0, 0.05) is 30.1 Å². The smallest absolute Gasteiger partial charge is 0.0541 e. The molecule has 1 aromatic rings. The van der Waals surface area contributed by atoms with Crippen LogP contribution in [0.25, 0.3) is 0 Å². The quantitative estimate of drug-likeness (QED) is 0.853. The van der Waals surface area contributed by atoms with Crippen molar-refractivity contribution in [2.75, 3.05) is 18.0 Å². The highest BCUT2D eigenvalue weighted by atomic mass is 79.9. The molecule has 1 aliphatic heterocycles. The van der Waals surface area contributed by atoms with Gasteiger partial charge in [0.2, 0.25) is 0 Å². The van der Waals surface area contributed by atoms with Crippen molar-refractivity contribution in [3.63, 3.8) is 0 Å². The molecule has 21 heavy (non-hydrogen) atoms. The lowest BCUT2D eigenvalue weighted by molar-refractivity contribution is 0.110. The number of aliphatic hydroxyl groups excluding tert-OH is 1. The molecule has 3 nitrogen and oxygen atoms in total. The molecule has 1 saturated carbocycles. The van der Waals surface area contributed by atoms with Crippen molar-refractivity contribution in [1.29, 1.82) is 0 Å². The number of halogens is 1. The van der Waals surface area contributed by atoms with E-state index in [1.165, 1.54) is 28.6 Å². The SMILES string of the molecule is CC(O)C1CCN(c2ccc(CNC3CC3)cc2Br)CC1. The number of benzene rings is 1. The molecule has 1 unspecified atom stereocenters. The van der Waals surface area contributed by atoms with E-state index in [9.17, 15) is 5.11 Å². The van der Waals surface area contributed by atoms with Crippen LogP contribution in [0.15, 0.2) is 22.7 Å². The van der Waals surface area contributed by atoms with Gasteiger partial charge in [-0.05, 0) is 72.2 Å². The number of nitrogens with zero attached hydrogens (tertiary/aromatic N) is 1. The zero-order valence-corrected chi connectivity index (χ0v) is 14.3. The summed E-state index contributed by atoms with van der Waals surface area (Å²) in [6, 6.07) is 7.46. The van der Waals surface area contributed by atoms with E-state index in [-0.39, 0.29) is 6.10 Å². The topological polar surface area (TPSA) is 35.5 Å². The predicted molar refractivity (Wildman–Crippen MR) is 90.6 cm³/mol. The first-order valence-electron chi connectivity index (χ1n) is 8.08. The molecule has 2 fully saturated rings. The molecule has 116 valence electrons. The van der Waals surface area contributed by atoms with Crippen molar-refractivity contribution in [1.82, 2.24) is 5.32 Å². The molecule has 1 saturated heterocycles. The number of aliphatic hydroxyl groups is 1. The molecule has 3 rings (SSSR count). The molecule has 4 heteroatoms. The fraction of sp³-hybridized carbons (Fsp3) is 0.647. The first-order chi connectivity index (χ1) is 10.1. The molecule has 1 aromatic carbocycles. The van der Waals surface area contributed by atoms with Crippen LogP contribution in [-0.2, 0) is 6.54 Å². The van der Waals surface area contributed by atoms with Gasteiger partial charge in [-0.2, -0.15) is 0 Å². The van der Waals surface area contributed by atoms with E-state index in [1.54, 1.807) is 0 Å². The van der Waals surface area contributed by atoms with Gasteiger partial charge in [0.25, 0.3) is 0 Å². The number of anilines is 1. The second kappa shape index (κ2) is 6.67. The van der Waals surface area contributed by atoms with Crippen LogP contribution >= 0.6 is 15.9 Å². The number of hydrogen-bond acceptors (Lipinski definition) is 3. The van der Waals surface area contributed by atoms with Gasteiger partial charge >= 0.3 is 0 Å². The van der Waals surface area contributed by atoms with Gasteiger partial charge in [0.1, 0.15) is 0 Å². The maximum atomic E-state index is 9.70. The Bertz CT molecular complexity index is 480. The molecule has 0 aromatic heterocycles. The molecule has 2 aliphatic rings. The van der Waals surface area contributed by atoms with Crippen molar-refractivity contribution in [3.05, 3.63) is 28.2 Å². The molecule has 1 aliphatic carbocycles. The maximum Gasteiger partial charge on any atom is 0.0541 e. The van der Waals surface area contributed by atoms with E-state index in [0.717, 1.165) is 38.5 Å². The van der Waals surface area contributed by atoms with Gasteiger partial charge < -0.3 is 15.3 Å². The lowest BCUT2D eigenvalue weighted by Crippen LogP contribution is -2.37. The molecule has 0 spiro atoms. The third-order valence-electron chi connectivity index (χ3n) is 4.75. The van der Waals surface area contributed by atoms with Crippen molar-refractivity contribution >= 4 is 21.6 Å². The summed E-state index contributed by atoms with van der Waals surface area (Å²) < 4.78 is 1.19. The van der Waals surface area contributed by atoms with E-state index >= 15 is 0 Å². The molecule has 0 radical (unpaired) electrons. The predicted octanol–water partition coefficient (Wildman–Crippen LogP) is 3.30. The average molecular weight is 353 g/mol. The van der Waals surface area contributed by atoms with E-state index in [0.29, 0.717) is 5.92 Å². The summed E-state index contributed by atoms with van der Waals surface area (Å²) in [4.78, 5) is 2.43. The van der Waals surface area contributed by atoms with Crippen LogP contribution in [0, 0.1) is 5.92 Å². The first kappa shape index (κ1) is 15.3. The molecule has 0 bridgehead atoms. The zero-order chi connectivity index (χ0) is 14.8. The zero-order valence-electron chi connectivity index (χ0n) is 12.7. The van der Waals surface area contributed by atoms with Crippen molar-refractivity contribution in [3.8, 4) is 0 Å². The number of rotatable bonds is 5. The minimum Gasteiger partial charge on any atom is -0.393 e. The summed E-state index contributed by atoms with van der Waals surface area (Å²) in [7, 11) is 0. The Labute approximate surface area is 135 Å². The van der Waals surface area contributed by atoms with E-state index in [1.807, 2.05) is 6.92 Å². The Morgan fingerprint density at radius 1 is 1.29 bits per heavy atom. The minimum atomic E-state index is -0.175. The third-order valence-corrected chi connectivity index (χ3v) is 5.38. The Kier molecular flexibility index (Phi) is 4.87. The van der Waals surface area contributed by atoms with Crippen molar-refractivity contribution in [2.24, 2.45) is 5.92 Å².